The lowest BCUT2D eigenvalue weighted by atomic mass is 10.2. The Morgan fingerprint density at radius 2 is 1.62 bits per heavy atom. The lowest BCUT2D eigenvalue weighted by molar-refractivity contribution is 0.228. The van der Waals surface area contributed by atoms with Crippen LogP contribution >= 0.6 is 0 Å². The predicted octanol–water partition coefficient (Wildman–Crippen LogP) is 2.01. The van der Waals surface area contributed by atoms with E-state index in [-0.39, 0.29) is 0 Å². The second-order valence-corrected chi connectivity index (χ2v) is 2.57. The van der Waals surface area contributed by atoms with E-state index < -0.39 is 0 Å². The highest BCUT2D eigenvalue weighted by molar-refractivity contribution is 5.38. The molecule has 0 atom stereocenters. The summed E-state index contributed by atoms with van der Waals surface area (Å²) >= 11 is 0. The van der Waals surface area contributed by atoms with Crippen LogP contribution in [0.1, 0.15) is 5.56 Å². The molecule has 0 amide bonds. The Bertz CT molecular complexity index is 249. The van der Waals surface area contributed by atoms with E-state index in [0.29, 0.717) is 6.61 Å². The first kappa shape index (κ1) is 9.86. The van der Waals surface area contributed by atoms with Gasteiger partial charge in [0.25, 0.3) is 0 Å². The van der Waals surface area contributed by atoms with Gasteiger partial charge < -0.3 is 14.2 Å². The fourth-order valence-electron chi connectivity index (χ4n) is 1.07. The minimum atomic E-state index is 0.452. The average molecular weight is 181 g/mol. The second-order valence-electron chi connectivity index (χ2n) is 2.57. The smallest absolute Gasteiger partial charge is 0.122 e. The highest BCUT2D eigenvalue weighted by atomic mass is 16.5. The summed E-state index contributed by atoms with van der Waals surface area (Å²) in [5.74, 6) is 1.51. The zero-order chi connectivity index (χ0) is 9.68. The number of hydrogen-bond donors (Lipinski definition) is 0. The van der Waals surface area contributed by atoms with Crippen molar-refractivity contribution in [3.05, 3.63) is 30.9 Å². The zero-order valence-electron chi connectivity index (χ0n) is 7.87. The monoisotopic (exact) mass is 181 g/mol. The molecule has 13 heavy (non-hydrogen) atoms. The third-order valence-electron chi connectivity index (χ3n) is 1.68. The van der Waals surface area contributed by atoms with Crippen LogP contribution in [0.2, 0.25) is 0 Å². The predicted molar refractivity (Wildman–Crippen MR) is 49.7 cm³/mol. The molecule has 0 saturated heterocycles. The van der Waals surface area contributed by atoms with E-state index in [1.165, 1.54) is 0 Å². The molecular weight excluding hydrogens is 168 g/mol. The summed E-state index contributed by atoms with van der Waals surface area (Å²) in [6.45, 7) is 0.452. The van der Waals surface area contributed by atoms with Crippen molar-refractivity contribution in [2.45, 2.75) is 6.61 Å². The molecule has 0 saturated carbocycles. The van der Waals surface area contributed by atoms with Gasteiger partial charge in [-0.05, 0) is 17.7 Å². The molecule has 0 aliphatic rings. The third-order valence-corrected chi connectivity index (χ3v) is 1.68. The van der Waals surface area contributed by atoms with Crippen LogP contribution in [-0.2, 0) is 11.3 Å². The molecule has 1 radical (unpaired) electrons. The van der Waals surface area contributed by atoms with Crippen molar-refractivity contribution in [2.24, 2.45) is 0 Å². The van der Waals surface area contributed by atoms with E-state index in [0.717, 1.165) is 17.1 Å². The van der Waals surface area contributed by atoms with Gasteiger partial charge in [-0.3, -0.25) is 0 Å². The Morgan fingerprint density at radius 1 is 1.08 bits per heavy atom. The lowest BCUT2D eigenvalue weighted by Gasteiger charge is -2.07. The van der Waals surface area contributed by atoms with Crippen molar-refractivity contribution in [3.63, 3.8) is 0 Å². The summed E-state index contributed by atoms with van der Waals surface area (Å²) in [6, 6.07) is 5.58. The molecule has 0 N–H and O–H groups in total. The molecule has 3 nitrogen and oxygen atoms in total. The third kappa shape index (κ3) is 2.63. The van der Waals surface area contributed by atoms with Gasteiger partial charge in [-0.1, -0.05) is 0 Å². The van der Waals surface area contributed by atoms with Gasteiger partial charge in [-0.2, -0.15) is 0 Å². The average Bonchev–Trinajstić information content (AvgIpc) is 2.17. The summed E-state index contributed by atoms with van der Waals surface area (Å²) in [7, 11) is 6.54. The van der Waals surface area contributed by atoms with Crippen LogP contribution in [0.3, 0.4) is 0 Å². The Balaban J connectivity index is 2.93. The molecule has 1 aromatic carbocycles. The fourth-order valence-corrected chi connectivity index (χ4v) is 1.07. The van der Waals surface area contributed by atoms with Gasteiger partial charge >= 0.3 is 0 Å². The minimum absolute atomic E-state index is 0.452. The molecule has 0 fully saturated rings. The largest absolute Gasteiger partial charge is 0.497 e. The van der Waals surface area contributed by atoms with Crippen LogP contribution in [0.15, 0.2) is 18.2 Å². The van der Waals surface area contributed by atoms with Crippen LogP contribution in [0.5, 0.6) is 11.5 Å². The molecule has 1 aromatic rings. The van der Waals surface area contributed by atoms with Gasteiger partial charge in [0.15, 0.2) is 0 Å². The number of rotatable bonds is 4. The molecule has 3 heteroatoms. The summed E-state index contributed by atoms with van der Waals surface area (Å²) in [5.41, 5.74) is 0.978. The van der Waals surface area contributed by atoms with Crippen molar-refractivity contribution in [2.75, 3.05) is 14.2 Å². The summed E-state index contributed by atoms with van der Waals surface area (Å²) in [5, 5.41) is 0. The Kier molecular flexibility index (Phi) is 3.58. The summed E-state index contributed by atoms with van der Waals surface area (Å²) < 4.78 is 14.9. The van der Waals surface area contributed by atoms with Crippen molar-refractivity contribution in [1.29, 1.82) is 0 Å². The maximum absolute atomic E-state index is 5.09. The normalized spacial score (nSPS) is 9.77. The van der Waals surface area contributed by atoms with E-state index in [4.69, 9.17) is 14.2 Å². The second kappa shape index (κ2) is 4.72. The van der Waals surface area contributed by atoms with Gasteiger partial charge in [0, 0.05) is 6.07 Å². The van der Waals surface area contributed by atoms with E-state index in [1.54, 1.807) is 14.2 Å². The highest BCUT2D eigenvalue weighted by Gasteiger charge is 2.00. The number of methoxy groups -OCH3 is 2. The first-order valence-corrected chi connectivity index (χ1v) is 3.89. The molecule has 0 aliphatic heterocycles. The van der Waals surface area contributed by atoms with E-state index in [1.807, 2.05) is 18.2 Å². The molecule has 0 aromatic heterocycles. The van der Waals surface area contributed by atoms with Gasteiger partial charge in [0.2, 0.25) is 0 Å². The van der Waals surface area contributed by atoms with Crippen LogP contribution in [0.25, 0.3) is 0 Å². The molecule has 71 valence electrons. The van der Waals surface area contributed by atoms with Gasteiger partial charge in [-0.15, -0.1) is 0 Å². The molecule has 0 unspecified atom stereocenters. The van der Waals surface area contributed by atoms with E-state index >= 15 is 0 Å². The van der Waals surface area contributed by atoms with Crippen LogP contribution in [0.4, 0.5) is 0 Å². The van der Waals surface area contributed by atoms with Crippen molar-refractivity contribution in [1.82, 2.24) is 0 Å². The van der Waals surface area contributed by atoms with Gasteiger partial charge in [0.1, 0.15) is 11.5 Å². The first-order valence-electron chi connectivity index (χ1n) is 3.89. The van der Waals surface area contributed by atoms with Gasteiger partial charge in [0.05, 0.1) is 27.9 Å². The Morgan fingerprint density at radius 3 is 2.00 bits per heavy atom. The first-order chi connectivity index (χ1) is 6.30. The molecule has 1 rings (SSSR count). The van der Waals surface area contributed by atoms with Crippen molar-refractivity contribution in [3.8, 4) is 11.5 Å². The van der Waals surface area contributed by atoms with Crippen LogP contribution in [-0.4, -0.2) is 14.2 Å². The lowest BCUT2D eigenvalue weighted by Crippen LogP contribution is -1.91. The van der Waals surface area contributed by atoms with Crippen molar-refractivity contribution < 1.29 is 14.2 Å². The quantitative estimate of drug-likeness (QED) is 0.711. The Hall–Kier alpha value is -1.22. The number of benzene rings is 1. The maximum atomic E-state index is 5.09. The highest BCUT2D eigenvalue weighted by Crippen LogP contribution is 2.22. The number of hydrogen-bond acceptors (Lipinski definition) is 3. The summed E-state index contributed by atoms with van der Waals surface area (Å²) in [4.78, 5) is 0. The van der Waals surface area contributed by atoms with E-state index in [2.05, 4.69) is 7.11 Å². The molecule has 0 heterocycles. The van der Waals surface area contributed by atoms with Crippen LogP contribution in [0, 0.1) is 7.11 Å². The summed E-state index contributed by atoms with van der Waals surface area (Å²) in [6.07, 6.45) is 0. The number of ether oxygens (including phenoxy) is 3. The van der Waals surface area contributed by atoms with Crippen molar-refractivity contribution >= 4 is 0 Å². The standard InChI is InChI=1S/C10H13O3/c1-11-7-8-4-9(12-2)6-10(5-8)13-3/h4-6H,1,7H2,2-3H3. The van der Waals surface area contributed by atoms with Gasteiger partial charge in [-0.25, -0.2) is 0 Å². The molecule has 0 aliphatic carbocycles. The Labute approximate surface area is 78.2 Å². The van der Waals surface area contributed by atoms with E-state index in [9.17, 15) is 0 Å². The van der Waals surface area contributed by atoms with Crippen LogP contribution < -0.4 is 9.47 Å². The molecule has 0 bridgehead atoms. The topological polar surface area (TPSA) is 27.7 Å². The minimum Gasteiger partial charge on any atom is -0.497 e. The molecular formula is C10H13O3. The SMILES string of the molecule is [CH2]OCc1cc(OC)cc(OC)c1. The molecule has 0 spiro atoms. The fraction of sp³-hybridized carbons (Fsp3) is 0.300. The maximum Gasteiger partial charge on any atom is 0.122 e. The zero-order valence-corrected chi connectivity index (χ0v) is 7.87.